The van der Waals surface area contributed by atoms with Crippen LogP contribution in [0.2, 0.25) is 0 Å². The lowest BCUT2D eigenvalue weighted by Gasteiger charge is -2.30. The molecule has 0 aromatic carbocycles. The van der Waals surface area contributed by atoms with Crippen LogP contribution in [0.1, 0.15) is 26.5 Å². The molecule has 0 aliphatic rings. The number of hydrogen-bond donors (Lipinski definition) is 2. The monoisotopic (exact) mass is 321 g/mol. The van der Waals surface area contributed by atoms with E-state index in [2.05, 4.69) is 41.4 Å². The Hall–Kier alpha value is -1.82. The number of pyridine rings is 1. The molecular formula is C17H31N5O. The average molecular weight is 321 g/mol. The van der Waals surface area contributed by atoms with Crippen LogP contribution in [0.4, 0.5) is 5.82 Å². The summed E-state index contributed by atoms with van der Waals surface area (Å²) in [6, 6.07) is 6.00. The van der Waals surface area contributed by atoms with E-state index in [9.17, 15) is 0 Å². The lowest BCUT2D eigenvalue weighted by molar-refractivity contribution is 0.0205. The Balaban J connectivity index is 2.56. The lowest BCUT2D eigenvalue weighted by atomic mass is 9.89. The molecule has 130 valence electrons. The molecule has 0 saturated heterocycles. The molecule has 1 unspecified atom stereocenters. The summed E-state index contributed by atoms with van der Waals surface area (Å²) in [5, 5.41) is 6.60. The minimum absolute atomic E-state index is 0.0716. The van der Waals surface area contributed by atoms with Gasteiger partial charge in [0, 0.05) is 34.8 Å². The molecule has 0 radical (unpaired) electrons. The van der Waals surface area contributed by atoms with E-state index in [1.165, 1.54) is 0 Å². The molecule has 2 N–H and O–H groups in total. The first-order valence-electron chi connectivity index (χ1n) is 7.88. The molecule has 1 aromatic rings. The SMILES string of the molecule is CN=C(NCc1cccc(N(C)C)n1)NCC(OC)C(C)(C)C. The highest BCUT2D eigenvalue weighted by Gasteiger charge is 2.24. The van der Waals surface area contributed by atoms with Crippen LogP contribution in [0.15, 0.2) is 23.2 Å². The van der Waals surface area contributed by atoms with Gasteiger partial charge in [-0.05, 0) is 17.5 Å². The quantitative estimate of drug-likeness (QED) is 0.619. The fraction of sp³-hybridized carbons (Fsp3) is 0.647. The smallest absolute Gasteiger partial charge is 0.191 e. The second-order valence-corrected chi connectivity index (χ2v) is 6.78. The first kappa shape index (κ1) is 19.2. The van der Waals surface area contributed by atoms with Gasteiger partial charge in [-0.2, -0.15) is 0 Å². The van der Waals surface area contributed by atoms with Gasteiger partial charge >= 0.3 is 0 Å². The van der Waals surface area contributed by atoms with Crippen LogP contribution >= 0.6 is 0 Å². The topological polar surface area (TPSA) is 61.8 Å². The zero-order chi connectivity index (χ0) is 17.5. The van der Waals surface area contributed by atoms with Crippen LogP contribution in [0.5, 0.6) is 0 Å². The van der Waals surface area contributed by atoms with Crippen molar-refractivity contribution in [3.63, 3.8) is 0 Å². The third-order valence-electron chi connectivity index (χ3n) is 3.62. The molecule has 1 heterocycles. The Morgan fingerprint density at radius 1 is 1.30 bits per heavy atom. The number of nitrogens with zero attached hydrogens (tertiary/aromatic N) is 3. The molecule has 1 aromatic heterocycles. The predicted molar refractivity (Wildman–Crippen MR) is 97.0 cm³/mol. The van der Waals surface area contributed by atoms with Crippen LogP contribution < -0.4 is 15.5 Å². The fourth-order valence-electron chi connectivity index (χ4n) is 2.14. The Morgan fingerprint density at radius 3 is 2.52 bits per heavy atom. The van der Waals surface area contributed by atoms with Gasteiger partial charge in [0.1, 0.15) is 5.82 Å². The van der Waals surface area contributed by atoms with Crippen molar-refractivity contribution in [3.05, 3.63) is 23.9 Å². The Bertz CT molecular complexity index is 508. The van der Waals surface area contributed by atoms with E-state index in [1.807, 2.05) is 37.2 Å². The van der Waals surface area contributed by atoms with Crippen molar-refractivity contribution in [1.29, 1.82) is 0 Å². The van der Waals surface area contributed by atoms with Crippen molar-refractivity contribution in [2.24, 2.45) is 10.4 Å². The third-order valence-corrected chi connectivity index (χ3v) is 3.62. The first-order chi connectivity index (χ1) is 10.8. The van der Waals surface area contributed by atoms with E-state index in [0.29, 0.717) is 13.1 Å². The standard InChI is InChI=1S/C17H31N5O/c1-17(2,3)14(23-7)12-20-16(18-4)19-11-13-9-8-10-15(21-13)22(5)6/h8-10,14H,11-12H2,1-7H3,(H2,18,19,20). The van der Waals surface area contributed by atoms with Gasteiger partial charge in [-0.3, -0.25) is 4.99 Å². The van der Waals surface area contributed by atoms with Gasteiger partial charge in [0.2, 0.25) is 0 Å². The first-order valence-corrected chi connectivity index (χ1v) is 7.88. The summed E-state index contributed by atoms with van der Waals surface area (Å²) < 4.78 is 5.55. The Kier molecular flexibility index (Phi) is 7.29. The number of aromatic nitrogens is 1. The van der Waals surface area contributed by atoms with E-state index < -0.39 is 0 Å². The number of hydrogen-bond acceptors (Lipinski definition) is 4. The number of rotatable bonds is 6. The van der Waals surface area contributed by atoms with Crippen LogP contribution in [-0.4, -0.2) is 51.8 Å². The molecule has 0 saturated carbocycles. The molecule has 6 nitrogen and oxygen atoms in total. The molecule has 23 heavy (non-hydrogen) atoms. The van der Waals surface area contributed by atoms with Crippen molar-refractivity contribution in [2.75, 3.05) is 39.7 Å². The average Bonchev–Trinajstić information content (AvgIpc) is 2.49. The molecule has 6 heteroatoms. The van der Waals surface area contributed by atoms with Crippen LogP contribution in [0.25, 0.3) is 0 Å². The van der Waals surface area contributed by atoms with E-state index in [1.54, 1.807) is 14.2 Å². The number of ether oxygens (including phenoxy) is 1. The largest absolute Gasteiger partial charge is 0.379 e. The Morgan fingerprint density at radius 2 is 2.00 bits per heavy atom. The Labute approximate surface area is 140 Å². The predicted octanol–water partition coefficient (Wildman–Crippen LogP) is 1.87. The summed E-state index contributed by atoms with van der Waals surface area (Å²) in [5.74, 6) is 1.69. The van der Waals surface area contributed by atoms with Crippen LogP contribution in [-0.2, 0) is 11.3 Å². The number of guanidine groups is 1. The van der Waals surface area contributed by atoms with Crippen molar-refractivity contribution in [1.82, 2.24) is 15.6 Å². The molecule has 0 bridgehead atoms. The van der Waals surface area contributed by atoms with Gasteiger partial charge in [-0.1, -0.05) is 26.8 Å². The zero-order valence-corrected chi connectivity index (χ0v) is 15.5. The van der Waals surface area contributed by atoms with Gasteiger partial charge in [0.25, 0.3) is 0 Å². The summed E-state index contributed by atoms with van der Waals surface area (Å²) in [6.07, 6.45) is 0.108. The van der Waals surface area contributed by atoms with Crippen molar-refractivity contribution in [3.8, 4) is 0 Å². The summed E-state index contributed by atoms with van der Waals surface area (Å²) in [6.45, 7) is 7.81. The normalized spacial score (nSPS) is 13.6. The van der Waals surface area contributed by atoms with Crippen LogP contribution in [0.3, 0.4) is 0 Å². The molecule has 1 rings (SSSR count). The second-order valence-electron chi connectivity index (χ2n) is 6.78. The van der Waals surface area contributed by atoms with E-state index in [0.717, 1.165) is 17.5 Å². The number of aliphatic imine (C=N–C) groups is 1. The van der Waals surface area contributed by atoms with Gasteiger partial charge in [-0.25, -0.2) is 4.98 Å². The van der Waals surface area contributed by atoms with E-state index in [-0.39, 0.29) is 11.5 Å². The van der Waals surface area contributed by atoms with Gasteiger partial charge in [0.05, 0.1) is 18.3 Å². The van der Waals surface area contributed by atoms with E-state index >= 15 is 0 Å². The van der Waals surface area contributed by atoms with Crippen molar-refractivity contribution >= 4 is 11.8 Å². The molecular weight excluding hydrogens is 290 g/mol. The lowest BCUT2D eigenvalue weighted by Crippen LogP contribution is -2.45. The zero-order valence-electron chi connectivity index (χ0n) is 15.5. The third kappa shape index (κ3) is 6.44. The molecule has 0 amide bonds. The van der Waals surface area contributed by atoms with Crippen LogP contribution in [0, 0.1) is 5.41 Å². The minimum atomic E-state index is 0.0716. The minimum Gasteiger partial charge on any atom is -0.379 e. The fourth-order valence-corrected chi connectivity index (χ4v) is 2.14. The summed E-state index contributed by atoms with van der Waals surface area (Å²) in [4.78, 5) is 10.8. The maximum Gasteiger partial charge on any atom is 0.191 e. The molecule has 0 spiro atoms. The maximum absolute atomic E-state index is 5.55. The number of methoxy groups -OCH3 is 1. The van der Waals surface area contributed by atoms with Gasteiger partial charge in [0.15, 0.2) is 5.96 Å². The number of nitrogens with one attached hydrogen (secondary N) is 2. The summed E-state index contributed by atoms with van der Waals surface area (Å²) >= 11 is 0. The highest BCUT2D eigenvalue weighted by molar-refractivity contribution is 5.79. The molecule has 0 aliphatic carbocycles. The highest BCUT2D eigenvalue weighted by atomic mass is 16.5. The molecule has 0 aliphatic heterocycles. The summed E-state index contributed by atoms with van der Waals surface area (Å²) in [5.41, 5.74) is 1.04. The highest BCUT2D eigenvalue weighted by Crippen LogP contribution is 2.20. The summed E-state index contributed by atoms with van der Waals surface area (Å²) in [7, 11) is 7.47. The number of anilines is 1. The second kappa shape index (κ2) is 8.72. The van der Waals surface area contributed by atoms with Gasteiger partial charge in [-0.15, -0.1) is 0 Å². The molecule has 0 fully saturated rings. The molecule has 1 atom stereocenters. The maximum atomic E-state index is 5.55. The van der Waals surface area contributed by atoms with Crippen molar-refractivity contribution in [2.45, 2.75) is 33.4 Å². The van der Waals surface area contributed by atoms with Crippen molar-refractivity contribution < 1.29 is 4.74 Å². The van der Waals surface area contributed by atoms with E-state index in [4.69, 9.17) is 4.74 Å². The van der Waals surface area contributed by atoms with Gasteiger partial charge < -0.3 is 20.3 Å².